The molecular weight excluding hydrogens is 370 g/mol. The summed E-state index contributed by atoms with van der Waals surface area (Å²) in [5.41, 5.74) is 2.23. The molecule has 0 unspecified atom stereocenters. The lowest BCUT2D eigenvalue weighted by Gasteiger charge is -2.08. The minimum Gasteiger partial charge on any atom is -0.325 e. The summed E-state index contributed by atoms with van der Waals surface area (Å²) in [5.74, 6) is -0.156. The largest absolute Gasteiger partial charge is 0.325 e. The molecule has 132 valence electrons. The summed E-state index contributed by atoms with van der Waals surface area (Å²) in [6.07, 6.45) is 3.17. The first-order valence-electron chi connectivity index (χ1n) is 7.86. The van der Waals surface area contributed by atoms with E-state index >= 15 is 0 Å². The summed E-state index contributed by atoms with van der Waals surface area (Å²) in [6.45, 7) is 1.99. The fraction of sp³-hybridized carbons (Fsp3) is 0.105. The van der Waals surface area contributed by atoms with Crippen molar-refractivity contribution in [2.24, 2.45) is 0 Å². The normalized spacial score (nSPS) is 10.5. The topological polar surface area (TPSA) is 64.0 Å². The molecule has 1 amide bonds. The zero-order valence-electron chi connectivity index (χ0n) is 14.0. The Balaban J connectivity index is 1.70. The zero-order chi connectivity index (χ0) is 18.5. The lowest BCUT2D eigenvalue weighted by Crippen LogP contribution is -2.22. The molecule has 0 spiro atoms. The highest BCUT2D eigenvalue weighted by molar-refractivity contribution is 7.99. The highest BCUT2D eigenvalue weighted by Gasteiger charge is 2.10. The van der Waals surface area contributed by atoms with Crippen LogP contribution in [0.3, 0.4) is 0 Å². The first-order chi connectivity index (χ1) is 12.5. The van der Waals surface area contributed by atoms with Crippen molar-refractivity contribution in [3.63, 3.8) is 0 Å². The van der Waals surface area contributed by atoms with Gasteiger partial charge in [0.1, 0.15) is 0 Å². The van der Waals surface area contributed by atoms with Crippen molar-refractivity contribution in [2.45, 2.75) is 11.9 Å². The van der Waals surface area contributed by atoms with Crippen LogP contribution >= 0.6 is 23.4 Å². The molecule has 1 aromatic heterocycles. The van der Waals surface area contributed by atoms with E-state index in [1.54, 1.807) is 36.7 Å². The van der Waals surface area contributed by atoms with Gasteiger partial charge in [0.15, 0.2) is 5.03 Å². The number of aromatic nitrogens is 2. The van der Waals surface area contributed by atoms with Gasteiger partial charge >= 0.3 is 0 Å². The second kappa shape index (κ2) is 8.21. The van der Waals surface area contributed by atoms with E-state index in [0.29, 0.717) is 10.7 Å². The van der Waals surface area contributed by atoms with Crippen molar-refractivity contribution >= 4 is 35.0 Å². The van der Waals surface area contributed by atoms with Crippen LogP contribution in [0.2, 0.25) is 5.02 Å². The lowest BCUT2D eigenvalue weighted by atomic mass is 10.2. The van der Waals surface area contributed by atoms with Gasteiger partial charge in [0.05, 0.1) is 5.75 Å². The van der Waals surface area contributed by atoms with Crippen LogP contribution in [0.25, 0.3) is 5.69 Å². The summed E-state index contributed by atoms with van der Waals surface area (Å²) in [6, 6.07) is 14.5. The zero-order valence-corrected chi connectivity index (χ0v) is 15.6. The molecule has 0 fully saturated rings. The summed E-state index contributed by atoms with van der Waals surface area (Å²) >= 11 is 7.00. The predicted molar refractivity (Wildman–Crippen MR) is 105 cm³/mol. The van der Waals surface area contributed by atoms with E-state index in [0.717, 1.165) is 23.0 Å². The van der Waals surface area contributed by atoms with Gasteiger partial charge in [-0.25, -0.2) is 4.98 Å². The number of halogens is 1. The van der Waals surface area contributed by atoms with Crippen LogP contribution in [0.5, 0.6) is 0 Å². The smallest absolute Gasteiger partial charge is 0.287 e. The molecule has 0 saturated carbocycles. The molecule has 3 aromatic rings. The van der Waals surface area contributed by atoms with Crippen LogP contribution in [0.1, 0.15) is 5.56 Å². The number of hydrogen-bond acceptors (Lipinski definition) is 4. The van der Waals surface area contributed by atoms with E-state index in [4.69, 9.17) is 11.6 Å². The van der Waals surface area contributed by atoms with Crippen molar-refractivity contribution in [3.8, 4) is 5.69 Å². The Morgan fingerprint density at radius 1 is 1.23 bits per heavy atom. The molecule has 26 heavy (non-hydrogen) atoms. The van der Waals surface area contributed by atoms with E-state index in [2.05, 4.69) is 10.3 Å². The summed E-state index contributed by atoms with van der Waals surface area (Å²) in [7, 11) is 0. The number of rotatable bonds is 5. The van der Waals surface area contributed by atoms with Crippen LogP contribution < -0.4 is 10.9 Å². The number of carbonyl (C=O) groups excluding carboxylic acids is 1. The average Bonchev–Trinajstić information content (AvgIpc) is 2.62. The molecule has 0 atom stereocenters. The first-order valence-corrected chi connectivity index (χ1v) is 9.22. The third-order valence-corrected chi connectivity index (χ3v) is 4.76. The molecule has 1 N–H and O–H groups in total. The second-order valence-corrected chi connectivity index (χ2v) is 6.99. The maximum absolute atomic E-state index is 12.6. The Morgan fingerprint density at radius 3 is 2.73 bits per heavy atom. The van der Waals surface area contributed by atoms with E-state index < -0.39 is 0 Å². The molecular formula is C19H16ClN3O2S. The van der Waals surface area contributed by atoms with Gasteiger partial charge in [-0.05, 0) is 37.3 Å². The highest BCUT2D eigenvalue weighted by Crippen LogP contribution is 2.17. The van der Waals surface area contributed by atoms with Gasteiger partial charge in [-0.15, -0.1) is 0 Å². The third kappa shape index (κ3) is 4.53. The van der Waals surface area contributed by atoms with Crippen molar-refractivity contribution < 1.29 is 4.79 Å². The quantitative estimate of drug-likeness (QED) is 0.676. The molecule has 0 aliphatic rings. The molecule has 3 rings (SSSR count). The molecule has 0 radical (unpaired) electrons. The van der Waals surface area contributed by atoms with Gasteiger partial charge < -0.3 is 5.32 Å². The SMILES string of the molecule is Cc1ccc(-n2ccnc(SCC(=O)Nc3cccc(Cl)c3)c2=O)cc1. The van der Waals surface area contributed by atoms with E-state index in [-0.39, 0.29) is 22.2 Å². The van der Waals surface area contributed by atoms with E-state index in [9.17, 15) is 9.59 Å². The first kappa shape index (κ1) is 18.2. The molecule has 5 nitrogen and oxygen atoms in total. The molecule has 0 bridgehead atoms. The number of hydrogen-bond donors (Lipinski definition) is 1. The number of amides is 1. The fourth-order valence-corrected chi connectivity index (χ4v) is 3.19. The molecule has 1 heterocycles. The molecule has 0 aliphatic heterocycles. The van der Waals surface area contributed by atoms with Crippen LogP contribution in [0.4, 0.5) is 5.69 Å². The predicted octanol–water partition coefficient (Wildman–Crippen LogP) is 3.93. The molecule has 7 heteroatoms. The number of carbonyl (C=O) groups is 1. The summed E-state index contributed by atoms with van der Waals surface area (Å²) in [5, 5.41) is 3.56. The molecule has 2 aromatic carbocycles. The second-order valence-electron chi connectivity index (χ2n) is 5.59. The average molecular weight is 386 g/mol. The minimum absolute atomic E-state index is 0.0761. The van der Waals surface area contributed by atoms with Crippen molar-refractivity contribution in [3.05, 3.63) is 81.9 Å². The Bertz CT molecular complexity index is 987. The number of nitrogens with zero attached hydrogens (tertiary/aromatic N) is 2. The number of nitrogens with one attached hydrogen (secondary N) is 1. The summed E-state index contributed by atoms with van der Waals surface area (Å²) in [4.78, 5) is 28.8. The van der Waals surface area contributed by atoms with Gasteiger partial charge in [0.25, 0.3) is 5.56 Å². The van der Waals surface area contributed by atoms with Crippen LogP contribution in [-0.4, -0.2) is 21.2 Å². The van der Waals surface area contributed by atoms with Gasteiger partial charge in [0, 0.05) is 28.8 Å². The summed E-state index contributed by atoms with van der Waals surface area (Å²) < 4.78 is 1.52. The van der Waals surface area contributed by atoms with Crippen LogP contribution in [0.15, 0.2) is 70.7 Å². The minimum atomic E-state index is -0.253. The molecule has 0 aliphatic carbocycles. The molecule has 0 saturated heterocycles. The Labute approximate surface area is 160 Å². The van der Waals surface area contributed by atoms with Crippen molar-refractivity contribution in [1.29, 1.82) is 0 Å². The van der Waals surface area contributed by atoms with Crippen molar-refractivity contribution in [1.82, 2.24) is 9.55 Å². The van der Waals surface area contributed by atoms with E-state index in [1.807, 2.05) is 31.2 Å². The van der Waals surface area contributed by atoms with Gasteiger partial charge in [0.2, 0.25) is 5.91 Å². The lowest BCUT2D eigenvalue weighted by molar-refractivity contribution is -0.113. The van der Waals surface area contributed by atoms with Gasteiger partial charge in [-0.1, -0.05) is 47.1 Å². The monoisotopic (exact) mass is 385 g/mol. The highest BCUT2D eigenvalue weighted by atomic mass is 35.5. The number of anilines is 1. The number of thioether (sulfide) groups is 1. The maximum Gasteiger partial charge on any atom is 0.287 e. The fourth-order valence-electron chi connectivity index (χ4n) is 2.30. The Morgan fingerprint density at radius 2 is 2.00 bits per heavy atom. The standard InChI is InChI=1S/C19H16ClN3O2S/c1-13-5-7-16(8-6-13)23-10-9-21-18(19(23)25)26-12-17(24)22-15-4-2-3-14(20)11-15/h2-11H,12H2,1H3,(H,22,24). The van der Waals surface area contributed by atoms with Crippen LogP contribution in [-0.2, 0) is 4.79 Å². The van der Waals surface area contributed by atoms with Crippen molar-refractivity contribution in [2.75, 3.05) is 11.1 Å². The Kier molecular flexibility index (Phi) is 5.75. The van der Waals surface area contributed by atoms with E-state index in [1.165, 1.54) is 4.57 Å². The van der Waals surface area contributed by atoms with Crippen LogP contribution in [0, 0.1) is 6.92 Å². The van der Waals surface area contributed by atoms with Gasteiger partial charge in [-0.3, -0.25) is 14.2 Å². The third-order valence-electron chi connectivity index (χ3n) is 3.57. The Hall–Kier alpha value is -2.57. The number of benzene rings is 2. The maximum atomic E-state index is 12.6. The number of aryl methyl sites for hydroxylation is 1. The van der Waals surface area contributed by atoms with Gasteiger partial charge in [-0.2, -0.15) is 0 Å².